The van der Waals surface area contributed by atoms with E-state index >= 15 is 0 Å². The van der Waals surface area contributed by atoms with Crippen LogP contribution in [0.1, 0.15) is 6.92 Å². The molecule has 12 heteroatoms. The molecule has 0 fully saturated rings. The van der Waals surface area contributed by atoms with E-state index in [0.717, 1.165) is 0 Å². The maximum absolute atomic E-state index is 11.7. The lowest BCUT2D eigenvalue weighted by Gasteiger charge is -2.07. The number of halogens is 2. The van der Waals surface area contributed by atoms with Crippen LogP contribution >= 0.6 is 23.2 Å². The third kappa shape index (κ3) is 5.69. The molecule has 0 aliphatic heterocycles. The highest BCUT2D eigenvalue weighted by atomic mass is 35.5. The number of aromatic nitrogens is 3. The van der Waals surface area contributed by atoms with Crippen LogP contribution < -0.4 is 10.2 Å². The summed E-state index contributed by atoms with van der Waals surface area (Å²) in [6, 6.07) is 4.63. The predicted molar refractivity (Wildman–Crippen MR) is 89.9 cm³/mol. The third-order valence-electron chi connectivity index (χ3n) is 2.70. The molecule has 25 heavy (non-hydrogen) atoms. The molecule has 0 spiro atoms. The molecular formula is C13H12Cl2N6O4. The number of hydrogen-bond donors (Lipinski definition) is 1. The summed E-state index contributed by atoms with van der Waals surface area (Å²) in [7, 11) is 0. The summed E-state index contributed by atoms with van der Waals surface area (Å²) in [6.07, 6.45) is 1.20. The number of nitrogens with zero attached hydrogens (tertiary/aromatic N) is 5. The predicted octanol–water partition coefficient (Wildman–Crippen LogP) is 2.06. The van der Waals surface area contributed by atoms with Crippen LogP contribution in [0.3, 0.4) is 0 Å². The van der Waals surface area contributed by atoms with Crippen molar-refractivity contribution in [1.82, 2.24) is 20.2 Å². The summed E-state index contributed by atoms with van der Waals surface area (Å²) in [6.45, 7) is 1.45. The minimum Gasteiger partial charge on any atom is -0.482 e. The number of benzene rings is 1. The van der Waals surface area contributed by atoms with Crippen molar-refractivity contribution >= 4 is 40.8 Å². The number of hydrazone groups is 1. The van der Waals surface area contributed by atoms with Crippen LogP contribution in [0.5, 0.6) is 5.75 Å². The molecule has 0 saturated carbocycles. The Morgan fingerprint density at radius 2 is 2.24 bits per heavy atom. The van der Waals surface area contributed by atoms with E-state index in [1.165, 1.54) is 17.1 Å². The number of rotatable bonds is 7. The molecule has 0 aliphatic rings. The Morgan fingerprint density at radius 1 is 1.48 bits per heavy atom. The van der Waals surface area contributed by atoms with Gasteiger partial charge in [-0.3, -0.25) is 4.79 Å². The van der Waals surface area contributed by atoms with E-state index in [9.17, 15) is 14.9 Å². The molecule has 0 bridgehead atoms. The van der Waals surface area contributed by atoms with Crippen LogP contribution in [0.15, 0.2) is 29.6 Å². The van der Waals surface area contributed by atoms with Gasteiger partial charge in [0.2, 0.25) is 6.33 Å². The molecule has 2 aromatic rings. The first-order valence-electron chi connectivity index (χ1n) is 6.79. The molecule has 2 rings (SSSR count). The Morgan fingerprint density at radius 3 is 2.88 bits per heavy atom. The van der Waals surface area contributed by atoms with E-state index in [4.69, 9.17) is 27.9 Å². The second kappa shape index (κ2) is 8.40. The second-order valence-electron chi connectivity index (χ2n) is 4.74. The summed E-state index contributed by atoms with van der Waals surface area (Å²) < 4.78 is 6.49. The summed E-state index contributed by atoms with van der Waals surface area (Å²) >= 11 is 11.7. The average molecular weight is 387 g/mol. The fraction of sp³-hybridized carbons (Fsp3) is 0.231. The lowest BCUT2D eigenvalue weighted by molar-refractivity contribution is -0.394. The topological polar surface area (TPSA) is 125 Å². The fourth-order valence-corrected chi connectivity index (χ4v) is 2.10. The average Bonchev–Trinajstić information content (AvgIpc) is 3.01. The van der Waals surface area contributed by atoms with Gasteiger partial charge in [-0.2, -0.15) is 9.78 Å². The molecule has 1 amide bonds. The Bertz CT molecular complexity index is 823. The maximum Gasteiger partial charge on any atom is 0.490 e. The smallest absolute Gasteiger partial charge is 0.482 e. The van der Waals surface area contributed by atoms with Crippen molar-refractivity contribution in [3.05, 3.63) is 44.7 Å². The molecule has 0 saturated heterocycles. The highest BCUT2D eigenvalue weighted by Gasteiger charge is 2.13. The minimum absolute atomic E-state index is 0.130. The zero-order valence-corrected chi connectivity index (χ0v) is 14.4. The van der Waals surface area contributed by atoms with Gasteiger partial charge in [-0.1, -0.05) is 28.2 Å². The van der Waals surface area contributed by atoms with E-state index in [1.54, 1.807) is 19.1 Å². The number of carbonyl (C=O) groups excluding carboxylic acids is 1. The minimum atomic E-state index is -0.704. The maximum atomic E-state index is 11.7. The first-order chi connectivity index (χ1) is 11.8. The van der Waals surface area contributed by atoms with E-state index in [-0.39, 0.29) is 18.2 Å². The molecule has 0 unspecified atom stereocenters. The van der Waals surface area contributed by atoms with Gasteiger partial charge in [-0.05, 0) is 30.0 Å². The van der Waals surface area contributed by atoms with Gasteiger partial charge in [0.1, 0.15) is 5.75 Å². The summed E-state index contributed by atoms with van der Waals surface area (Å²) in [4.78, 5) is 25.0. The zero-order valence-electron chi connectivity index (χ0n) is 12.8. The Hall–Kier alpha value is -2.72. The zero-order chi connectivity index (χ0) is 18.4. The lowest BCUT2D eigenvalue weighted by Crippen LogP contribution is -2.26. The van der Waals surface area contributed by atoms with E-state index in [1.807, 2.05) is 0 Å². The van der Waals surface area contributed by atoms with Crippen LogP contribution in [-0.2, 0) is 11.3 Å². The molecule has 1 heterocycles. The lowest BCUT2D eigenvalue weighted by atomic mass is 10.3. The molecule has 132 valence electrons. The number of ether oxygens (including phenoxy) is 1. The Labute approximate surface area is 151 Å². The van der Waals surface area contributed by atoms with Gasteiger partial charge in [-0.15, -0.1) is 0 Å². The quantitative estimate of drug-likeness (QED) is 0.441. The second-order valence-corrected chi connectivity index (χ2v) is 5.59. The van der Waals surface area contributed by atoms with Crippen molar-refractivity contribution in [3.8, 4) is 5.75 Å². The molecule has 1 aromatic heterocycles. The number of nitro groups is 1. The highest BCUT2D eigenvalue weighted by molar-refractivity contribution is 6.35. The standard InChI is InChI=1S/C13H12Cl2N6O4/c1-8(5-20-7-16-13(19-20)21(23)24)17-18-12(22)6-25-11-3-2-9(14)4-10(11)15/h2-4,7H,5-6H2,1H3,(H,18,22)/b17-8-. The molecule has 0 aliphatic carbocycles. The van der Waals surface area contributed by atoms with Crippen molar-refractivity contribution in [2.45, 2.75) is 13.5 Å². The summed E-state index contributed by atoms with van der Waals surface area (Å²) in [5, 5.41) is 18.7. The van der Waals surface area contributed by atoms with Gasteiger partial charge in [0.05, 0.1) is 17.3 Å². The van der Waals surface area contributed by atoms with E-state index in [2.05, 4.69) is 20.6 Å². The van der Waals surface area contributed by atoms with Crippen LogP contribution in [0.25, 0.3) is 0 Å². The fourth-order valence-electron chi connectivity index (χ4n) is 1.64. The van der Waals surface area contributed by atoms with E-state index in [0.29, 0.717) is 16.5 Å². The van der Waals surface area contributed by atoms with Gasteiger partial charge in [-0.25, -0.2) is 5.43 Å². The first-order valence-corrected chi connectivity index (χ1v) is 7.54. The molecular weight excluding hydrogens is 375 g/mol. The summed E-state index contributed by atoms with van der Waals surface area (Å²) in [5.41, 5.74) is 2.75. The third-order valence-corrected chi connectivity index (χ3v) is 3.23. The van der Waals surface area contributed by atoms with Crippen molar-refractivity contribution < 1.29 is 14.5 Å². The van der Waals surface area contributed by atoms with Crippen molar-refractivity contribution in [3.63, 3.8) is 0 Å². The molecule has 10 nitrogen and oxygen atoms in total. The van der Waals surface area contributed by atoms with E-state index < -0.39 is 16.8 Å². The summed E-state index contributed by atoms with van der Waals surface area (Å²) in [5.74, 6) is -0.697. The van der Waals surface area contributed by atoms with Crippen molar-refractivity contribution in [1.29, 1.82) is 0 Å². The largest absolute Gasteiger partial charge is 0.490 e. The van der Waals surface area contributed by atoms with Crippen LogP contribution in [0, 0.1) is 10.1 Å². The SMILES string of the molecule is C/C(Cn1cnc([N+](=O)[O-])n1)=N/NC(=O)COc1ccc(Cl)cc1Cl. The first kappa shape index (κ1) is 18.6. The van der Waals surface area contributed by atoms with Crippen LogP contribution in [0.2, 0.25) is 10.0 Å². The van der Waals surface area contributed by atoms with Gasteiger partial charge in [0.15, 0.2) is 6.61 Å². The number of hydrogen-bond acceptors (Lipinski definition) is 7. The van der Waals surface area contributed by atoms with Crippen molar-refractivity contribution in [2.24, 2.45) is 5.10 Å². The number of carbonyl (C=O) groups is 1. The monoisotopic (exact) mass is 386 g/mol. The van der Waals surface area contributed by atoms with Crippen LogP contribution in [0.4, 0.5) is 5.95 Å². The van der Waals surface area contributed by atoms with Gasteiger partial charge in [0, 0.05) is 10.1 Å². The molecule has 0 radical (unpaired) electrons. The number of amides is 1. The van der Waals surface area contributed by atoms with Crippen LogP contribution in [-0.4, -0.2) is 37.9 Å². The van der Waals surface area contributed by atoms with Crippen molar-refractivity contribution in [2.75, 3.05) is 6.61 Å². The Kier molecular flexibility index (Phi) is 6.25. The van der Waals surface area contributed by atoms with Gasteiger partial charge in [0.25, 0.3) is 5.91 Å². The molecule has 1 N–H and O–H groups in total. The molecule has 1 aromatic carbocycles. The Balaban J connectivity index is 1.83. The van der Waals surface area contributed by atoms with Gasteiger partial charge >= 0.3 is 5.95 Å². The molecule has 0 atom stereocenters. The normalized spacial score (nSPS) is 11.2. The number of nitrogens with one attached hydrogen (secondary N) is 1. The highest BCUT2D eigenvalue weighted by Crippen LogP contribution is 2.27. The van der Waals surface area contributed by atoms with Gasteiger partial charge < -0.3 is 14.9 Å².